The van der Waals surface area contributed by atoms with Gasteiger partial charge in [-0.1, -0.05) is 13.0 Å². The minimum Gasteiger partial charge on any atom is -0.382 e. The highest BCUT2D eigenvalue weighted by Gasteiger charge is 2.30. The molecule has 0 spiro atoms. The number of ether oxygens (including phenoxy) is 2. The van der Waals surface area contributed by atoms with Crippen molar-refractivity contribution < 1.29 is 9.47 Å². The lowest BCUT2D eigenvalue weighted by Gasteiger charge is -2.24. The van der Waals surface area contributed by atoms with Crippen LogP contribution >= 0.6 is 0 Å². The first-order valence-corrected chi connectivity index (χ1v) is 7.10. The van der Waals surface area contributed by atoms with E-state index in [9.17, 15) is 0 Å². The van der Waals surface area contributed by atoms with E-state index in [1.54, 1.807) is 7.11 Å². The number of nitrogens with zero attached hydrogens (tertiary/aromatic N) is 1. The van der Waals surface area contributed by atoms with E-state index in [1.807, 2.05) is 12.3 Å². The summed E-state index contributed by atoms with van der Waals surface area (Å²) in [5.74, 6) is 0.471. The molecular weight excluding hydrogens is 240 g/mol. The number of aryl methyl sites for hydroxylation is 1. The highest BCUT2D eigenvalue weighted by molar-refractivity contribution is 5.30. The van der Waals surface area contributed by atoms with Crippen molar-refractivity contribution >= 4 is 0 Å². The first kappa shape index (κ1) is 14.4. The summed E-state index contributed by atoms with van der Waals surface area (Å²) >= 11 is 0. The van der Waals surface area contributed by atoms with Gasteiger partial charge >= 0.3 is 0 Å². The standard InChI is InChI=1S/C15H24N2O2/c1-3-16-14(11-19-10-9-18-2)13-7-6-12-5-4-8-17-15(12)13/h4-5,8,13-14,16H,3,6-7,9-11H2,1-2H3. The number of rotatable bonds is 8. The lowest BCUT2D eigenvalue weighted by molar-refractivity contribution is 0.0546. The molecule has 0 fully saturated rings. The Hall–Kier alpha value is -0.970. The molecule has 1 heterocycles. The maximum atomic E-state index is 5.70. The van der Waals surface area contributed by atoms with Crippen molar-refractivity contribution in [3.8, 4) is 0 Å². The summed E-state index contributed by atoms with van der Waals surface area (Å²) < 4.78 is 10.7. The molecule has 2 rings (SSSR count). The summed E-state index contributed by atoms with van der Waals surface area (Å²) in [5.41, 5.74) is 2.65. The Morgan fingerprint density at radius 3 is 3.16 bits per heavy atom. The number of aromatic nitrogens is 1. The second-order valence-corrected chi connectivity index (χ2v) is 4.92. The van der Waals surface area contributed by atoms with Gasteiger partial charge in [0.15, 0.2) is 0 Å². The number of methoxy groups -OCH3 is 1. The van der Waals surface area contributed by atoms with Crippen molar-refractivity contribution in [1.29, 1.82) is 0 Å². The van der Waals surface area contributed by atoms with Crippen molar-refractivity contribution in [1.82, 2.24) is 10.3 Å². The molecule has 2 unspecified atom stereocenters. The van der Waals surface area contributed by atoms with E-state index in [2.05, 4.69) is 23.3 Å². The lowest BCUT2D eigenvalue weighted by atomic mass is 9.97. The normalized spacial score (nSPS) is 19.4. The molecule has 19 heavy (non-hydrogen) atoms. The first-order chi connectivity index (χ1) is 9.36. The number of hydrogen-bond donors (Lipinski definition) is 1. The van der Waals surface area contributed by atoms with E-state index in [1.165, 1.54) is 11.3 Å². The Morgan fingerprint density at radius 1 is 1.47 bits per heavy atom. The molecule has 0 aromatic carbocycles. The number of nitrogens with one attached hydrogen (secondary N) is 1. The maximum absolute atomic E-state index is 5.70. The zero-order valence-corrected chi connectivity index (χ0v) is 11.9. The number of fused-ring (bicyclic) bond motifs is 1. The number of hydrogen-bond acceptors (Lipinski definition) is 4. The molecule has 2 atom stereocenters. The number of likely N-dealkylation sites (N-methyl/N-ethyl adjacent to an activating group) is 1. The second kappa shape index (κ2) is 7.58. The fraction of sp³-hybridized carbons (Fsp3) is 0.667. The number of pyridine rings is 1. The Labute approximate surface area is 115 Å². The quantitative estimate of drug-likeness (QED) is 0.727. The molecule has 0 aliphatic heterocycles. The van der Waals surface area contributed by atoms with Gasteiger partial charge in [0.25, 0.3) is 0 Å². The Morgan fingerprint density at radius 2 is 2.37 bits per heavy atom. The predicted molar refractivity (Wildman–Crippen MR) is 75.5 cm³/mol. The average molecular weight is 264 g/mol. The molecule has 1 aromatic heterocycles. The molecule has 1 aliphatic carbocycles. The van der Waals surface area contributed by atoms with Crippen molar-refractivity contribution in [2.24, 2.45) is 0 Å². The summed E-state index contributed by atoms with van der Waals surface area (Å²) in [6.45, 7) is 5.11. The molecule has 0 bridgehead atoms. The SMILES string of the molecule is CCNC(COCCOC)C1CCc2cccnc21. The van der Waals surface area contributed by atoms with E-state index >= 15 is 0 Å². The van der Waals surface area contributed by atoms with Gasteiger partial charge in [-0.2, -0.15) is 0 Å². The Balaban J connectivity index is 1.96. The molecule has 1 aliphatic rings. The van der Waals surface area contributed by atoms with Gasteiger partial charge in [0.1, 0.15) is 0 Å². The van der Waals surface area contributed by atoms with Gasteiger partial charge in [0.05, 0.1) is 19.8 Å². The highest BCUT2D eigenvalue weighted by Crippen LogP contribution is 2.33. The third-order valence-electron chi connectivity index (χ3n) is 3.68. The fourth-order valence-electron chi connectivity index (χ4n) is 2.77. The van der Waals surface area contributed by atoms with Crippen LogP contribution in [0.5, 0.6) is 0 Å². The molecular formula is C15H24N2O2. The topological polar surface area (TPSA) is 43.4 Å². The van der Waals surface area contributed by atoms with Gasteiger partial charge in [-0.25, -0.2) is 0 Å². The van der Waals surface area contributed by atoms with Crippen LogP contribution in [0.25, 0.3) is 0 Å². The Bertz CT molecular complexity index is 384. The van der Waals surface area contributed by atoms with Crippen LogP contribution in [-0.2, 0) is 15.9 Å². The van der Waals surface area contributed by atoms with E-state index < -0.39 is 0 Å². The molecule has 106 valence electrons. The molecule has 0 saturated carbocycles. The monoisotopic (exact) mass is 264 g/mol. The van der Waals surface area contributed by atoms with Gasteiger partial charge in [-0.15, -0.1) is 0 Å². The smallest absolute Gasteiger partial charge is 0.0701 e. The van der Waals surface area contributed by atoms with Gasteiger partial charge < -0.3 is 14.8 Å². The van der Waals surface area contributed by atoms with E-state index in [-0.39, 0.29) is 0 Å². The summed E-state index contributed by atoms with van der Waals surface area (Å²) in [6, 6.07) is 4.56. The van der Waals surface area contributed by atoms with Crippen LogP contribution in [0.1, 0.15) is 30.5 Å². The molecule has 0 saturated heterocycles. The zero-order chi connectivity index (χ0) is 13.5. The van der Waals surface area contributed by atoms with Gasteiger partial charge in [0.2, 0.25) is 0 Å². The second-order valence-electron chi connectivity index (χ2n) is 4.92. The molecule has 0 radical (unpaired) electrons. The van der Waals surface area contributed by atoms with Crippen LogP contribution in [0.15, 0.2) is 18.3 Å². The van der Waals surface area contributed by atoms with Gasteiger partial charge in [0, 0.05) is 31.0 Å². The maximum Gasteiger partial charge on any atom is 0.0701 e. The fourth-order valence-corrected chi connectivity index (χ4v) is 2.77. The van der Waals surface area contributed by atoms with E-state index in [4.69, 9.17) is 9.47 Å². The summed E-state index contributed by atoms with van der Waals surface area (Å²) in [5, 5.41) is 3.54. The van der Waals surface area contributed by atoms with Crippen molar-refractivity contribution in [3.63, 3.8) is 0 Å². The summed E-state index contributed by atoms with van der Waals surface area (Å²) in [6.07, 6.45) is 4.19. The molecule has 4 heteroatoms. The van der Waals surface area contributed by atoms with Crippen LogP contribution in [0.4, 0.5) is 0 Å². The van der Waals surface area contributed by atoms with E-state index in [0.717, 1.165) is 26.0 Å². The van der Waals surface area contributed by atoms with Crippen LogP contribution < -0.4 is 5.32 Å². The van der Waals surface area contributed by atoms with Crippen LogP contribution in [-0.4, -0.2) is 44.5 Å². The van der Waals surface area contributed by atoms with Crippen LogP contribution in [0.3, 0.4) is 0 Å². The van der Waals surface area contributed by atoms with Crippen molar-refractivity contribution in [3.05, 3.63) is 29.6 Å². The minimum atomic E-state index is 0.345. The third kappa shape index (κ3) is 3.75. The average Bonchev–Trinajstić information content (AvgIpc) is 2.86. The molecule has 1 N–H and O–H groups in total. The predicted octanol–water partition coefficient (Wildman–Crippen LogP) is 1.75. The highest BCUT2D eigenvalue weighted by atomic mass is 16.5. The zero-order valence-electron chi connectivity index (χ0n) is 11.9. The largest absolute Gasteiger partial charge is 0.382 e. The van der Waals surface area contributed by atoms with Gasteiger partial charge in [-0.3, -0.25) is 4.98 Å². The molecule has 4 nitrogen and oxygen atoms in total. The van der Waals surface area contributed by atoms with Crippen LogP contribution in [0.2, 0.25) is 0 Å². The Kier molecular flexibility index (Phi) is 5.76. The van der Waals surface area contributed by atoms with Gasteiger partial charge in [-0.05, 0) is 31.0 Å². The summed E-state index contributed by atoms with van der Waals surface area (Å²) in [4.78, 5) is 4.57. The van der Waals surface area contributed by atoms with Crippen molar-refractivity contribution in [2.75, 3.05) is 33.5 Å². The lowest BCUT2D eigenvalue weighted by Crippen LogP contribution is -2.38. The molecule has 0 amide bonds. The van der Waals surface area contributed by atoms with Crippen LogP contribution in [0, 0.1) is 0 Å². The van der Waals surface area contributed by atoms with E-state index in [0.29, 0.717) is 25.2 Å². The molecule has 1 aromatic rings. The summed E-state index contributed by atoms with van der Waals surface area (Å²) in [7, 11) is 1.70. The first-order valence-electron chi connectivity index (χ1n) is 7.10. The van der Waals surface area contributed by atoms with Crippen molar-refractivity contribution in [2.45, 2.75) is 31.7 Å². The third-order valence-corrected chi connectivity index (χ3v) is 3.68. The minimum absolute atomic E-state index is 0.345.